The molecule has 2 aromatic rings. The zero-order valence-corrected chi connectivity index (χ0v) is 17.0. The summed E-state index contributed by atoms with van der Waals surface area (Å²) in [7, 11) is 0. The fourth-order valence-corrected chi connectivity index (χ4v) is 3.76. The zero-order chi connectivity index (χ0) is 18.9. The minimum Gasteiger partial charge on any atom is -0.355 e. The molecule has 2 N–H and O–H groups in total. The zero-order valence-electron chi connectivity index (χ0n) is 14.6. The summed E-state index contributed by atoms with van der Waals surface area (Å²) in [5.41, 5.74) is 0.603. The van der Waals surface area contributed by atoms with E-state index in [1.165, 1.54) is 23.1 Å². The number of halogens is 1. The number of aromatic nitrogens is 2. The van der Waals surface area contributed by atoms with Gasteiger partial charge < -0.3 is 10.6 Å². The van der Waals surface area contributed by atoms with Gasteiger partial charge in [0, 0.05) is 23.0 Å². The smallest absolute Gasteiger partial charge is 0.286 e. The van der Waals surface area contributed by atoms with Crippen LogP contribution < -0.4 is 10.6 Å². The molecule has 2 rings (SSSR count). The standard InChI is InChI=1S/C17H21ClN4O2S2/c1-11(2)6-7-19-14(23)9-25-10-15-21-22-17(26-15)16(24)20-13-5-3-4-12(18)8-13/h3-5,8,11H,6-7,9-10H2,1-2H3,(H,19,23)(H,20,24). The Morgan fingerprint density at radius 2 is 2.12 bits per heavy atom. The minimum absolute atomic E-state index is 0.0130. The summed E-state index contributed by atoms with van der Waals surface area (Å²) < 4.78 is 0. The van der Waals surface area contributed by atoms with Crippen molar-refractivity contribution < 1.29 is 9.59 Å². The van der Waals surface area contributed by atoms with Gasteiger partial charge in [0.1, 0.15) is 5.01 Å². The number of benzene rings is 1. The number of thioether (sulfide) groups is 1. The molecule has 9 heteroatoms. The first-order chi connectivity index (χ1) is 12.4. The predicted molar refractivity (Wildman–Crippen MR) is 108 cm³/mol. The highest BCUT2D eigenvalue weighted by molar-refractivity contribution is 7.99. The van der Waals surface area contributed by atoms with Crippen molar-refractivity contribution in [1.29, 1.82) is 0 Å². The molecule has 0 aliphatic rings. The van der Waals surface area contributed by atoms with Crippen LogP contribution in [0.3, 0.4) is 0 Å². The van der Waals surface area contributed by atoms with Gasteiger partial charge in [0.2, 0.25) is 10.9 Å². The molecule has 0 radical (unpaired) electrons. The number of anilines is 1. The van der Waals surface area contributed by atoms with Crippen LogP contribution in [0.4, 0.5) is 5.69 Å². The third-order valence-electron chi connectivity index (χ3n) is 3.25. The van der Waals surface area contributed by atoms with Crippen LogP contribution in [0.15, 0.2) is 24.3 Å². The quantitative estimate of drug-likeness (QED) is 0.653. The van der Waals surface area contributed by atoms with Crippen LogP contribution in [0.2, 0.25) is 5.02 Å². The van der Waals surface area contributed by atoms with E-state index in [2.05, 4.69) is 34.7 Å². The molecule has 1 heterocycles. The summed E-state index contributed by atoms with van der Waals surface area (Å²) in [5.74, 6) is 1.16. The van der Waals surface area contributed by atoms with E-state index in [0.717, 1.165) is 6.42 Å². The number of carbonyl (C=O) groups excluding carboxylic acids is 2. The number of hydrogen-bond acceptors (Lipinski definition) is 6. The normalized spacial score (nSPS) is 10.8. The summed E-state index contributed by atoms with van der Waals surface area (Å²) in [6, 6.07) is 6.90. The van der Waals surface area contributed by atoms with Crippen molar-refractivity contribution in [3.8, 4) is 0 Å². The molecule has 0 aliphatic carbocycles. The monoisotopic (exact) mass is 412 g/mol. The van der Waals surface area contributed by atoms with E-state index in [0.29, 0.717) is 39.7 Å². The van der Waals surface area contributed by atoms with Gasteiger partial charge in [0.05, 0.1) is 5.75 Å². The van der Waals surface area contributed by atoms with Crippen LogP contribution in [0.25, 0.3) is 0 Å². The number of rotatable bonds is 9. The van der Waals surface area contributed by atoms with Crippen LogP contribution in [-0.2, 0) is 10.5 Å². The second-order valence-corrected chi connectivity index (χ2v) is 8.47. The van der Waals surface area contributed by atoms with E-state index in [-0.39, 0.29) is 16.8 Å². The van der Waals surface area contributed by atoms with Gasteiger partial charge in [0.15, 0.2) is 0 Å². The maximum atomic E-state index is 12.2. The Labute approximate surface area is 166 Å². The van der Waals surface area contributed by atoms with E-state index < -0.39 is 0 Å². The van der Waals surface area contributed by atoms with Gasteiger partial charge in [-0.1, -0.05) is 42.9 Å². The fraction of sp³-hybridized carbons (Fsp3) is 0.412. The first-order valence-corrected chi connectivity index (χ1v) is 10.5. The van der Waals surface area contributed by atoms with E-state index in [1.54, 1.807) is 24.3 Å². The van der Waals surface area contributed by atoms with Crippen molar-refractivity contribution in [3.05, 3.63) is 39.3 Å². The third-order valence-corrected chi connectivity index (χ3v) is 5.53. The van der Waals surface area contributed by atoms with Crippen molar-refractivity contribution in [3.63, 3.8) is 0 Å². The molecule has 140 valence electrons. The van der Waals surface area contributed by atoms with E-state index in [1.807, 2.05) is 0 Å². The first-order valence-electron chi connectivity index (χ1n) is 8.18. The Bertz CT molecular complexity index is 752. The van der Waals surface area contributed by atoms with E-state index >= 15 is 0 Å². The second-order valence-electron chi connectivity index (χ2n) is 5.99. The lowest BCUT2D eigenvalue weighted by molar-refractivity contribution is -0.118. The van der Waals surface area contributed by atoms with Gasteiger partial charge >= 0.3 is 0 Å². The number of carbonyl (C=O) groups is 2. The van der Waals surface area contributed by atoms with Gasteiger partial charge in [-0.25, -0.2) is 0 Å². The van der Waals surface area contributed by atoms with Crippen molar-refractivity contribution in [1.82, 2.24) is 15.5 Å². The molecule has 6 nitrogen and oxygen atoms in total. The molecule has 0 spiro atoms. The van der Waals surface area contributed by atoms with Crippen molar-refractivity contribution >= 4 is 52.2 Å². The van der Waals surface area contributed by atoms with Crippen molar-refractivity contribution in [2.45, 2.75) is 26.0 Å². The number of hydrogen-bond donors (Lipinski definition) is 2. The van der Waals surface area contributed by atoms with E-state index in [4.69, 9.17) is 11.6 Å². The van der Waals surface area contributed by atoms with Gasteiger partial charge in [-0.3, -0.25) is 9.59 Å². The van der Waals surface area contributed by atoms with Crippen LogP contribution in [0.5, 0.6) is 0 Å². The lowest BCUT2D eigenvalue weighted by Crippen LogP contribution is -2.26. The highest BCUT2D eigenvalue weighted by Gasteiger charge is 2.13. The number of nitrogens with one attached hydrogen (secondary N) is 2. The Hall–Kier alpha value is -1.64. The largest absolute Gasteiger partial charge is 0.355 e. The number of nitrogens with zero attached hydrogens (tertiary/aromatic N) is 2. The van der Waals surface area contributed by atoms with Crippen LogP contribution in [0, 0.1) is 5.92 Å². The Balaban J connectivity index is 1.75. The Kier molecular flexibility index (Phi) is 8.34. The predicted octanol–water partition coefficient (Wildman–Crippen LogP) is 3.84. The highest BCUT2D eigenvalue weighted by Crippen LogP contribution is 2.19. The Morgan fingerprint density at radius 1 is 1.31 bits per heavy atom. The van der Waals surface area contributed by atoms with Crippen molar-refractivity contribution in [2.24, 2.45) is 5.92 Å². The molecular formula is C17H21ClN4O2S2. The molecular weight excluding hydrogens is 392 g/mol. The molecule has 0 saturated carbocycles. The lowest BCUT2D eigenvalue weighted by Gasteiger charge is -2.06. The maximum absolute atomic E-state index is 12.2. The van der Waals surface area contributed by atoms with Crippen LogP contribution in [-0.4, -0.2) is 34.3 Å². The molecule has 0 unspecified atom stereocenters. The molecule has 2 amide bonds. The SMILES string of the molecule is CC(C)CCNC(=O)CSCc1nnc(C(=O)Nc2cccc(Cl)c2)s1. The van der Waals surface area contributed by atoms with Crippen molar-refractivity contribution in [2.75, 3.05) is 17.6 Å². The molecule has 0 atom stereocenters. The molecule has 1 aromatic heterocycles. The summed E-state index contributed by atoms with van der Waals surface area (Å²) in [5, 5.41) is 15.1. The fourth-order valence-electron chi connectivity index (χ4n) is 1.94. The van der Waals surface area contributed by atoms with Gasteiger partial charge in [0.25, 0.3) is 5.91 Å². The molecule has 26 heavy (non-hydrogen) atoms. The summed E-state index contributed by atoms with van der Waals surface area (Å²) in [6.45, 7) is 4.94. The minimum atomic E-state index is -0.326. The summed E-state index contributed by atoms with van der Waals surface area (Å²) >= 11 is 8.57. The lowest BCUT2D eigenvalue weighted by atomic mass is 10.1. The maximum Gasteiger partial charge on any atom is 0.286 e. The van der Waals surface area contributed by atoms with E-state index in [9.17, 15) is 9.59 Å². The summed E-state index contributed by atoms with van der Waals surface area (Å²) in [4.78, 5) is 23.9. The van der Waals surface area contributed by atoms with Gasteiger partial charge in [-0.15, -0.1) is 22.0 Å². The summed E-state index contributed by atoms with van der Waals surface area (Å²) in [6.07, 6.45) is 0.970. The van der Waals surface area contributed by atoms with Crippen LogP contribution in [0.1, 0.15) is 35.1 Å². The van der Waals surface area contributed by atoms with Gasteiger partial charge in [-0.05, 0) is 30.5 Å². The molecule has 0 bridgehead atoms. The average Bonchev–Trinajstić information content (AvgIpc) is 3.03. The first kappa shape index (κ1) is 20.7. The molecule has 0 aliphatic heterocycles. The Morgan fingerprint density at radius 3 is 2.85 bits per heavy atom. The molecule has 0 fully saturated rings. The van der Waals surface area contributed by atoms with Crippen LogP contribution >= 0.6 is 34.7 Å². The van der Waals surface area contributed by atoms with Gasteiger partial charge in [-0.2, -0.15) is 0 Å². The second kappa shape index (κ2) is 10.5. The highest BCUT2D eigenvalue weighted by atomic mass is 35.5. The average molecular weight is 413 g/mol. The number of amides is 2. The molecule has 0 saturated heterocycles. The topological polar surface area (TPSA) is 84.0 Å². The third kappa shape index (κ3) is 7.31. The molecule has 1 aromatic carbocycles.